The van der Waals surface area contributed by atoms with Crippen molar-refractivity contribution in [3.8, 4) is 0 Å². The van der Waals surface area contributed by atoms with Crippen LogP contribution in [-0.2, 0) is 16.2 Å². The highest BCUT2D eigenvalue weighted by Crippen LogP contribution is 2.52. The largest absolute Gasteiger partial charge is 0.311 e. The van der Waals surface area contributed by atoms with Crippen LogP contribution in [0.1, 0.15) is 94.7 Å². The number of anilines is 6. The molecule has 9 rings (SSSR count). The zero-order valence-corrected chi connectivity index (χ0v) is 32.8. The summed E-state index contributed by atoms with van der Waals surface area (Å²) in [7, 11) is 0. The van der Waals surface area contributed by atoms with E-state index in [2.05, 4.69) is 170 Å². The predicted octanol–water partition coefficient (Wildman–Crippen LogP) is 11.6. The first-order chi connectivity index (χ1) is 24.2. The standard InChI is InChI=1S/C47H49BN2S/c1-28-23-39-42-40(24-28)50(37-18-14-12-16-30(37)3)43-32-25-31(45(4,5)6)19-20-41(32)51-44(43)48(42)35-26-33-34(47(9,10)22-21-46(33,7)8)27-38(35)49(39)36-17-13-11-15-29(36)2/h11-20,23-27H,21-22H2,1-10H3. The first kappa shape index (κ1) is 32.6. The van der Waals surface area contributed by atoms with Gasteiger partial charge >= 0.3 is 0 Å². The van der Waals surface area contributed by atoms with Gasteiger partial charge in [-0.15, -0.1) is 11.3 Å². The fraction of sp³-hybridized carbons (Fsp3) is 0.319. The second kappa shape index (κ2) is 10.9. The molecule has 3 aliphatic rings. The van der Waals surface area contributed by atoms with Crippen LogP contribution in [0.25, 0.3) is 10.1 Å². The average Bonchev–Trinajstić information content (AvgIpc) is 3.45. The number of fused-ring (bicyclic) bond motifs is 7. The number of rotatable bonds is 2. The van der Waals surface area contributed by atoms with Gasteiger partial charge < -0.3 is 9.80 Å². The van der Waals surface area contributed by atoms with Crippen molar-refractivity contribution in [2.45, 2.75) is 98.3 Å². The molecule has 0 unspecified atom stereocenters. The van der Waals surface area contributed by atoms with Crippen LogP contribution in [0.4, 0.5) is 34.1 Å². The second-order valence-corrected chi connectivity index (χ2v) is 19.0. The predicted molar refractivity (Wildman–Crippen MR) is 224 cm³/mol. The summed E-state index contributed by atoms with van der Waals surface area (Å²) in [6.07, 6.45) is 2.39. The third kappa shape index (κ3) is 4.75. The number of nitrogens with zero attached hydrogens (tertiary/aromatic N) is 2. The van der Waals surface area contributed by atoms with Crippen LogP contribution in [0.5, 0.6) is 0 Å². The maximum absolute atomic E-state index is 2.66. The molecule has 4 heteroatoms. The molecule has 0 saturated heterocycles. The lowest BCUT2D eigenvalue weighted by molar-refractivity contribution is 0.332. The highest BCUT2D eigenvalue weighted by atomic mass is 32.1. The summed E-state index contributed by atoms with van der Waals surface area (Å²) in [6, 6.07) is 35.4. The van der Waals surface area contributed by atoms with Gasteiger partial charge in [0.15, 0.2) is 0 Å². The molecule has 2 aliphatic heterocycles. The van der Waals surface area contributed by atoms with E-state index in [-0.39, 0.29) is 23.0 Å². The van der Waals surface area contributed by atoms with E-state index >= 15 is 0 Å². The second-order valence-electron chi connectivity index (χ2n) is 17.9. The first-order valence-corrected chi connectivity index (χ1v) is 19.6. The van der Waals surface area contributed by atoms with Crippen LogP contribution >= 0.6 is 11.3 Å². The molecule has 0 fully saturated rings. The van der Waals surface area contributed by atoms with Gasteiger partial charge in [-0.2, -0.15) is 0 Å². The Morgan fingerprint density at radius 2 is 1.20 bits per heavy atom. The van der Waals surface area contributed by atoms with Gasteiger partial charge in [0.05, 0.1) is 5.69 Å². The van der Waals surface area contributed by atoms with Gasteiger partial charge in [-0.1, -0.05) is 97.0 Å². The van der Waals surface area contributed by atoms with Crippen LogP contribution in [0.2, 0.25) is 0 Å². The lowest BCUT2D eigenvalue weighted by Gasteiger charge is -2.47. The summed E-state index contributed by atoms with van der Waals surface area (Å²) in [5, 5.41) is 1.36. The maximum Gasteiger partial charge on any atom is 0.264 e. The minimum Gasteiger partial charge on any atom is -0.311 e. The summed E-state index contributed by atoms with van der Waals surface area (Å²) < 4.78 is 2.82. The molecule has 256 valence electrons. The molecule has 0 bridgehead atoms. The minimum atomic E-state index is 0.0514. The van der Waals surface area contributed by atoms with Gasteiger partial charge in [-0.25, -0.2) is 0 Å². The molecule has 0 radical (unpaired) electrons. The van der Waals surface area contributed by atoms with Crippen molar-refractivity contribution in [1.82, 2.24) is 0 Å². The number of thiophene rings is 1. The van der Waals surface area contributed by atoms with Crippen molar-refractivity contribution in [1.29, 1.82) is 0 Å². The number of aryl methyl sites for hydroxylation is 3. The maximum atomic E-state index is 2.66. The van der Waals surface area contributed by atoms with E-state index in [0.717, 1.165) is 0 Å². The van der Waals surface area contributed by atoms with Gasteiger partial charge in [-0.05, 0) is 137 Å². The molecule has 6 aromatic rings. The fourth-order valence-corrected chi connectivity index (χ4v) is 10.6. The van der Waals surface area contributed by atoms with Crippen LogP contribution in [0.15, 0.2) is 91.0 Å². The molecule has 3 heterocycles. The summed E-state index contributed by atoms with van der Waals surface area (Å²) in [5.41, 5.74) is 19.2. The van der Waals surface area contributed by atoms with E-state index in [0.29, 0.717) is 0 Å². The van der Waals surface area contributed by atoms with Crippen LogP contribution in [-0.4, -0.2) is 6.71 Å². The van der Waals surface area contributed by atoms with Crippen molar-refractivity contribution >= 4 is 78.0 Å². The monoisotopic (exact) mass is 684 g/mol. The number of benzene rings is 5. The van der Waals surface area contributed by atoms with E-state index in [4.69, 9.17) is 0 Å². The minimum absolute atomic E-state index is 0.0514. The van der Waals surface area contributed by atoms with E-state index in [1.54, 1.807) is 0 Å². The molecule has 0 amide bonds. The summed E-state index contributed by atoms with van der Waals surface area (Å²) in [4.78, 5) is 5.25. The highest BCUT2D eigenvalue weighted by molar-refractivity contribution is 7.33. The van der Waals surface area contributed by atoms with E-state index in [1.807, 2.05) is 11.3 Å². The number of para-hydroxylation sites is 2. The Morgan fingerprint density at radius 3 is 1.80 bits per heavy atom. The topological polar surface area (TPSA) is 6.48 Å². The summed E-state index contributed by atoms with van der Waals surface area (Å²) in [6.45, 7) is 23.8. The number of hydrogen-bond donors (Lipinski definition) is 0. The fourth-order valence-electron chi connectivity index (χ4n) is 9.28. The molecule has 2 nitrogen and oxygen atoms in total. The molecule has 1 aromatic heterocycles. The Morgan fingerprint density at radius 1 is 0.627 bits per heavy atom. The van der Waals surface area contributed by atoms with Gasteiger partial charge in [-0.3, -0.25) is 0 Å². The zero-order chi connectivity index (χ0) is 35.8. The lowest BCUT2D eigenvalue weighted by Crippen LogP contribution is -2.61. The van der Waals surface area contributed by atoms with E-state index in [9.17, 15) is 0 Å². The Kier molecular flexibility index (Phi) is 6.95. The van der Waals surface area contributed by atoms with E-state index < -0.39 is 0 Å². The van der Waals surface area contributed by atoms with E-state index in [1.165, 1.54) is 106 Å². The third-order valence-corrected chi connectivity index (χ3v) is 13.6. The molecule has 1 aliphatic carbocycles. The van der Waals surface area contributed by atoms with Crippen molar-refractivity contribution in [3.05, 3.63) is 124 Å². The van der Waals surface area contributed by atoms with Crippen LogP contribution < -0.4 is 25.5 Å². The van der Waals surface area contributed by atoms with Gasteiger partial charge in [0, 0.05) is 43.3 Å². The normalized spacial score (nSPS) is 16.9. The van der Waals surface area contributed by atoms with Gasteiger partial charge in [0.1, 0.15) is 0 Å². The van der Waals surface area contributed by atoms with Gasteiger partial charge in [0.2, 0.25) is 0 Å². The molecular formula is C47H49BN2S. The molecule has 0 N–H and O–H groups in total. The molecular weight excluding hydrogens is 635 g/mol. The Bertz CT molecular complexity index is 2420. The lowest BCUT2D eigenvalue weighted by atomic mass is 9.35. The SMILES string of the molecule is Cc1cc2c3c(c1)N(c1ccccc1C)c1c(sc4ccc(C(C)(C)C)cc14)B3c1cc3c(cc1N2c1ccccc1C)C(C)(C)CCC3(C)C. The van der Waals surface area contributed by atoms with Crippen molar-refractivity contribution in [3.63, 3.8) is 0 Å². The summed E-state index contributed by atoms with van der Waals surface area (Å²) in [5.74, 6) is 0. The number of hydrogen-bond acceptors (Lipinski definition) is 3. The smallest absolute Gasteiger partial charge is 0.264 e. The quantitative estimate of drug-likeness (QED) is 0.167. The Labute approximate surface area is 309 Å². The van der Waals surface area contributed by atoms with Crippen molar-refractivity contribution in [2.75, 3.05) is 9.80 Å². The van der Waals surface area contributed by atoms with Crippen LogP contribution in [0, 0.1) is 20.8 Å². The highest BCUT2D eigenvalue weighted by Gasteiger charge is 2.48. The summed E-state index contributed by atoms with van der Waals surface area (Å²) >= 11 is 2.01. The molecule has 51 heavy (non-hydrogen) atoms. The zero-order valence-electron chi connectivity index (χ0n) is 32.0. The van der Waals surface area contributed by atoms with Gasteiger partial charge in [0.25, 0.3) is 6.71 Å². The van der Waals surface area contributed by atoms with Crippen molar-refractivity contribution < 1.29 is 0 Å². The van der Waals surface area contributed by atoms with Crippen molar-refractivity contribution in [2.24, 2.45) is 0 Å². The Hall–Kier alpha value is -4.28. The average molecular weight is 685 g/mol. The third-order valence-electron chi connectivity index (χ3n) is 12.4. The Balaban J connectivity index is 1.46. The molecule has 5 aromatic carbocycles. The molecule has 0 saturated carbocycles. The first-order valence-electron chi connectivity index (χ1n) is 18.8. The van der Waals surface area contributed by atoms with Crippen LogP contribution in [0.3, 0.4) is 0 Å². The molecule has 0 atom stereocenters. The molecule has 0 spiro atoms.